The van der Waals surface area contributed by atoms with Crippen molar-refractivity contribution in [3.63, 3.8) is 0 Å². The number of hydrogen-bond donors (Lipinski definition) is 0. The number of fused-ring (bicyclic) bond motifs is 5. The second-order valence-corrected chi connectivity index (χ2v) is 30.6. The molecule has 536 valence electrons. The molecule has 0 radical (unpaired) electrons. The van der Waals surface area contributed by atoms with Crippen molar-refractivity contribution in [2.45, 2.75) is 247 Å². The molecule has 0 N–H and O–H groups in total. The summed E-state index contributed by atoms with van der Waals surface area (Å²) in [6, 6.07) is 46.9. The molecule has 6 aromatic rings. The molecule has 10 heteroatoms. The van der Waals surface area contributed by atoms with Crippen LogP contribution in [0, 0.1) is 17.8 Å². The third-order valence-corrected chi connectivity index (χ3v) is 21.2. The summed E-state index contributed by atoms with van der Waals surface area (Å²) in [5.74, 6) is -0.0307. The number of benzene rings is 6. The van der Waals surface area contributed by atoms with E-state index in [1.807, 2.05) is 62.3 Å². The monoisotopic (exact) mass is 1360 g/mol. The van der Waals surface area contributed by atoms with Crippen LogP contribution in [0.25, 0.3) is 10.8 Å². The van der Waals surface area contributed by atoms with Crippen molar-refractivity contribution >= 4 is 40.6 Å². The first kappa shape index (κ1) is 80.6. The maximum atomic E-state index is 12.0. The fourth-order valence-corrected chi connectivity index (χ4v) is 14.2. The fraction of sp³-hybridized carbons (Fsp3) is 0.456. The van der Waals surface area contributed by atoms with E-state index in [2.05, 4.69) is 187 Å². The third-order valence-electron chi connectivity index (χ3n) is 21.2. The Kier molecular flexibility index (Phi) is 28.4. The summed E-state index contributed by atoms with van der Waals surface area (Å²) >= 11 is 0. The van der Waals surface area contributed by atoms with Crippen LogP contribution in [-0.4, -0.2) is 57.9 Å². The number of carbonyl (C=O) groups excluding carboxylic acids is 5. The molecule has 10 nitrogen and oxygen atoms in total. The van der Waals surface area contributed by atoms with Crippen molar-refractivity contribution in [1.82, 2.24) is 0 Å². The molecule has 0 aliphatic heterocycles. The standard InChI is InChI=1S/C21H26O2.C18H24O2.3C17H22O2/c1-7-16-10-8-11-17-12-9-13-18(19(16)17)15(4)21(5,6)23-20(22)14(2)3;1-13(2)17(19)20-18(3,4)16-11-9-14-7-5-6-8-15(14)10-12-16;1-12(2)16(18)19-17(3,4)15-11-7-9-13-8-5-6-10-14(13)15;1-12(2)16(18)19-17(3,4)15-10-9-13-7-5-6-8-14(13)11-15;1-5-17(4,19-16(18)12(2)3)15-10-13-8-6-7-9-14(13)11-15/h8-13,15H,2,7H2,1,3-6H3;5-8,16H,1,9-12H2,2-4H3;5-6,8,10,15H,1,7,9,11H2,2-4H3;5-8,15H,1,9-11H2,2-4H3;6-9,15H,2,5,10-11H2,1,3-4H3. The summed E-state index contributed by atoms with van der Waals surface area (Å²) in [5.41, 5.74) is 13.6. The van der Waals surface area contributed by atoms with E-state index in [1.165, 1.54) is 66.4 Å². The third kappa shape index (κ3) is 21.6. The summed E-state index contributed by atoms with van der Waals surface area (Å²) in [5, 5.41) is 2.51. The molecule has 0 amide bonds. The molecule has 10 rings (SSSR count). The topological polar surface area (TPSA) is 132 Å². The molecule has 4 unspecified atom stereocenters. The highest BCUT2D eigenvalue weighted by Gasteiger charge is 2.42. The maximum absolute atomic E-state index is 12.0. The Morgan fingerprint density at radius 1 is 0.410 bits per heavy atom. The average molecular weight is 1360 g/mol. The first-order valence-corrected chi connectivity index (χ1v) is 36.2. The second-order valence-electron chi connectivity index (χ2n) is 30.6. The highest BCUT2D eigenvalue weighted by atomic mass is 16.6. The number of carbonyl (C=O) groups is 5. The van der Waals surface area contributed by atoms with Crippen LogP contribution in [-0.2, 0) is 99.0 Å². The van der Waals surface area contributed by atoms with E-state index >= 15 is 0 Å². The lowest BCUT2D eigenvalue weighted by molar-refractivity contribution is -0.159. The molecule has 0 fully saturated rings. The van der Waals surface area contributed by atoms with Crippen LogP contribution in [0.2, 0.25) is 0 Å². The van der Waals surface area contributed by atoms with Gasteiger partial charge in [-0.05, 0) is 259 Å². The minimum Gasteiger partial charge on any atom is -0.456 e. The van der Waals surface area contributed by atoms with Crippen molar-refractivity contribution in [2.24, 2.45) is 17.8 Å². The van der Waals surface area contributed by atoms with Crippen molar-refractivity contribution in [2.75, 3.05) is 0 Å². The van der Waals surface area contributed by atoms with Gasteiger partial charge in [0.2, 0.25) is 0 Å². The molecule has 4 aliphatic rings. The van der Waals surface area contributed by atoms with Gasteiger partial charge in [-0.15, -0.1) is 0 Å². The summed E-state index contributed by atoms with van der Waals surface area (Å²) in [6.45, 7) is 51.1. The summed E-state index contributed by atoms with van der Waals surface area (Å²) in [7, 11) is 0. The normalized spacial score (nSPS) is 16.6. The van der Waals surface area contributed by atoms with Gasteiger partial charge in [0.25, 0.3) is 0 Å². The van der Waals surface area contributed by atoms with Crippen molar-refractivity contribution in [3.8, 4) is 0 Å². The molecule has 0 saturated heterocycles. The number of rotatable bonds is 18. The summed E-state index contributed by atoms with van der Waals surface area (Å²) in [4.78, 5) is 59.1. The Hall–Kier alpha value is -8.37. The zero-order chi connectivity index (χ0) is 74.1. The SMILES string of the molecule is C=C(C)C(=O)OC(C)(C)C(C)c1cccc2cccc(CC)c12.C=C(C)C(=O)OC(C)(C)C1CCCc2ccccc21.C=C(C)C(=O)OC(C)(C)C1CCc2ccccc2C1.C=C(C)C(=O)OC(C)(C)C1CCc2ccccc2CC1.C=C(C)C(=O)OC(C)(CC)C1Cc2ccccc2C1. The van der Waals surface area contributed by atoms with Crippen LogP contribution in [0.1, 0.15) is 224 Å². The minimum absolute atomic E-state index is 0.0715. The van der Waals surface area contributed by atoms with Crippen LogP contribution in [0.3, 0.4) is 0 Å². The molecule has 6 aromatic carbocycles. The molecule has 4 aliphatic carbocycles. The second kappa shape index (κ2) is 35.3. The Balaban J connectivity index is 0.000000197. The Labute approximate surface area is 600 Å². The highest BCUT2D eigenvalue weighted by Crippen LogP contribution is 2.43. The summed E-state index contributed by atoms with van der Waals surface area (Å²) in [6.07, 6.45) is 14.5. The van der Waals surface area contributed by atoms with Gasteiger partial charge in [-0.25, -0.2) is 24.0 Å². The van der Waals surface area contributed by atoms with E-state index in [-0.39, 0.29) is 41.7 Å². The number of esters is 5. The lowest BCUT2D eigenvalue weighted by Crippen LogP contribution is -2.40. The van der Waals surface area contributed by atoms with Crippen LogP contribution in [0.5, 0.6) is 0 Å². The molecule has 100 heavy (non-hydrogen) atoms. The van der Waals surface area contributed by atoms with E-state index in [0.29, 0.717) is 45.6 Å². The van der Waals surface area contributed by atoms with Crippen molar-refractivity contribution in [3.05, 3.63) is 250 Å². The molecule has 0 aromatic heterocycles. The predicted octanol–water partition coefficient (Wildman–Crippen LogP) is 20.9. The van der Waals surface area contributed by atoms with Crippen LogP contribution in [0.4, 0.5) is 0 Å². The smallest absolute Gasteiger partial charge is 0.333 e. The first-order valence-electron chi connectivity index (χ1n) is 36.2. The van der Waals surface area contributed by atoms with Crippen LogP contribution in [0.15, 0.2) is 194 Å². The highest BCUT2D eigenvalue weighted by molar-refractivity contribution is 5.91. The lowest BCUT2D eigenvalue weighted by atomic mass is 9.74. The molecule has 0 saturated carbocycles. The van der Waals surface area contributed by atoms with Crippen LogP contribution >= 0.6 is 0 Å². The van der Waals surface area contributed by atoms with Gasteiger partial charge in [-0.3, -0.25) is 0 Å². The average Bonchev–Trinajstić information content (AvgIpc) is 1.06. The van der Waals surface area contributed by atoms with E-state index in [9.17, 15) is 24.0 Å². The molecule has 4 atom stereocenters. The lowest BCUT2D eigenvalue weighted by Gasteiger charge is -2.38. The zero-order valence-electron chi connectivity index (χ0n) is 63.6. The fourth-order valence-electron chi connectivity index (χ4n) is 14.2. The predicted molar refractivity (Wildman–Crippen MR) is 409 cm³/mol. The summed E-state index contributed by atoms with van der Waals surface area (Å²) < 4.78 is 28.4. The number of aryl methyl sites for hydroxylation is 5. The molecule has 0 spiro atoms. The minimum atomic E-state index is -0.606. The van der Waals surface area contributed by atoms with Gasteiger partial charge < -0.3 is 23.7 Å². The van der Waals surface area contributed by atoms with Gasteiger partial charge in [0, 0.05) is 51.5 Å². The van der Waals surface area contributed by atoms with Gasteiger partial charge in [0.1, 0.15) is 28.0 Å². The van der Waals surface area contributed by atoms with Gasteiger partial charge in [-0.2, -0.15) is 0 Å². The van der Waals surface area contributed by atoms with Crippen LogP contribution < -0.4 is 0 Å². The molecular formula is C90H116O10. The van der Waals surface area contributed by atoms with Gasteiger partial charge >= 0.3 is 29.8 Å². The van der Waals surface area contributed by atoms with Gasteiger partial charge in [-0.1, -0.05) is 187 Å². The number of hydrogen-bond acceptors (Lipinski definition) is 10. The van der Waals surface area contributed by atoms with Crippen molar-refractivity contribution < 1.29 is 47.7 Å². The largest absolute Gasteiger partial charge is 0.456 e. The maximum Gasteiger partial charge on any atom is 0.333 e. The first-order chi connectivity index (χ1) is 46.9. The molecule has 0 bridgehead atoms. The zero-order valence-corrected chi connectivity index (χ0v) is 63.6. The van der Waals surface area contributed by atoms with E-state index < -0.39 is 28.0 Å². The van der Waals surface area contributed by atoms with E-state index in [0.717, 1.165) is 89.9 Å². The van der Waals surface area contributed by atoms with Gasteiger partial charge in [0.05, 0.1) is 0 Å². The van der Waals surface area contributed by atoms with Gasteiger partial charge in [0.15, 0.2) is 0 Å². The Morgan fingerprint density at radius 2 is 0.780 bits per heavy atom. The van der Waals surface area contributed by atoms with E-state index in [1.54, 1.807) is 34.6 Å². The Morgan fingerprint density at radius 3 is 1.24 bits per heavy atom. The van der Waals surface area contributed by atoms with Crippen molar-refractivity contribution in [1.29, 1.82) is 0 Å². The quantitative estimate of drug-likeness (QED) is 0.0355. The molecular weight excluding hydrogens is 1240 g/mol. The molecule has 0 heterocycles. The van der Waals surface area contributed by atoms with E-state index in [4.69, 9.17) is 23.7 Å². The number of ether oxygens (including phenoxy) is 5. The Bertz CT molecular complexity index is 3870.